The minimum Gasteiger partial charge on any atom is -0.396 e. The van der Waals surface area contributed by atoms with Crippen LogP contribution in [0.15, 0.2) is 84.3 Å². The molecule has 0 aliphatic rings. The minimum atomic E-state index is -3.88. The summed E-state index contributed by atoms with van der Waals surface area (Å²) in [6.45, 7) is 0.244. The largest absolute Gasteiger partial charge is 0.396 e. The first kappa shape index (κ1) is 25.7. The van der Waals surface area contributed by atoms with Crippen LogP contribution < -0.4 is 11.1 Å². The van der Waals surface area contributed by atoms with Gasteiger partial charge in [0.2, 0.25) is 0 Å². The molecule has 11 heteroatoms. The van der Waals surface area contributed by atoms with Crippen molar-refractivity contribution in [3.63, 3.8) is 0 Å². The Morgan fingerprint density at radius 3 is 2.67 bits per heavy atom. The van der Waals surface area contributed by atoms with Gasteiger partial charge in [0, 0.05) is 55.1 Å². The van der Waals surface area contributed by atoms with Crippen molar-refractivity contribution in [2.45, 2.75) is 17.2 Å². The SMILES string of the molecule is Cn1ccc(CS(=O)(=O)c2ccc(C(=O)NCc3ccn4ccnc4c3)cc2C#Cc2ccc(N)c(F)c2)n1. The Hall–Kier alpha value is -4.95. The van der Waals surface area contributed by atoms with Crippen LogP contribution in [-0.4, -0.2) is 33.5 Å². The Labute approximate surface area is 224 Å². The van der Waals surface area contributed by atoms with Gasteiger partial charge in [0.15, 0.2) is 9.84 Å². The summed E-state index contributed by atoms with van der Waals surface area (Å²) in [4.78, 5) is 17.2. The molecular weight excluding hydrogens is 519 g/mol. The first-order chi connectivity index (χ1) is 18.7. The van der Waals surface area contributed by atoms with Crippen molar-refractivity contribution in [3.05, 3.63) is 113 Å². The zero-order valence-electron chi connectivity index (χ0n) is 20.8. The van der Waals surface area contributed by atoms with E-state index in [-0.39, 0.29) is 34.0 Å². The van der Waals surface area contributed by atoms with Gasteiger partial charge in [-0.05, 0) is 60.2 Å². The van der Waals surface area contributed by atoms with Gasteiger partial charge >= 0.3 is 0 Å². The number of benzene rings is 2. The zero-order chi connectivity index (χ0) is 27.6. The summed E-state index contributed by atoms with van der Waals surface area (Å²) in [7, 11) is -2.18. The highest BCUT2D eigenvalue weighted by Gasteiger charge is 2.22. The highest BCUT2D eigenvalue weighted by molar-refractivity contribution is 7.90. The third-order valence-electron chi connectivity index (χ3n) is 5.94. The molecule has 0 fully saturated rings. The number of aromatic nitrogens is 4. The van der Waals surface area contributed by atoms with Gasteiger partial charge in [-0.1, -0.05) is 11.8 Å². The van der Waals surface area contributed by atoms with Crippen molar-refractivity contribution in [2.24, 2.45) is 7.05 Å². The number of fused-ring (bicyclic) bond motifs is 1. The lowest BCUT2D eigenvalue weighted by molar-refractivity contribution is 0.0950. The molecule has 2 aromatic carbocycles. The number of sulfone groups is 1. The molecule has 5 aromatic rings. The number of halogens is 1. The number of nitrogens with one attached hydrogen (secondary N) is 1. The van der Waals surface area contributed by atoms with Crippen LogP contribution >= 0.6 is 0 Å². The molecule has 9 nitrogen and oxygen atoms in total. The van der Waals surface area contributed by atoms with Crippen LogP contribution in [-0.2, 0) is 29.2 Å². The van der Waals surface area contributed by atoms with Gasteiger partial charge in [-0.3, -0.25) is 9.48 Å². The average Bonchev–Trinajstić information content (AvgIpc) is 3.55. The lowest BCUT2D eigenvalue weighted by Crippen LogP contribution is -2.23. The summed E-state index contributed by atoms with van der Waals surface area (Å²) in [5, 5.41) is 6.99. The molecule has 0 atom stereocenters. The number of carbonyl (C=O) groups excluding carboxylic acids is 1. The van der Waals surface area contributed by atoms with E-state index >= 15 is 0 Å². The number of pyridine rings is 1. The van der Waals surface area contributed by atoms with Crippen molar-refractivity contribution in [1.82, 2.24) is 24.5 Å². The van der Waals surface area contributed by atoms with E-state index in [4.69, 9.17) is 5.73 Å². The predicted molar refractivity (Wildman–Crippen MR) is 144 cm³/mol. The number of amides is 1. The van der Waals surface area contributed by atoms with Crippen molar-refractivity contribution < 1.29 is 17.6 Å². The number of nitrogen functional groups attached to an aromatic ring is 1. The zero-order valence-corrected chi connectivity index (χ0v) is 21.6. The number of imidazole rings is 1. The normalized spacial score (nSPS) is 11.2. The maximum atomic E-state index is 13.9. The standard InChI is InChI=1S/C28H23FN6O3S/c1-34-11-9-23(33-34)18-39(37,38)26-7-5-22(16-21(26)4-2-19-3-6-25(30)24(29)14-19)28(36)32-17-20-8-12-35-13-10-31-27(35)15-20/h3,5-16H,17-18,30H2,1H3,(H,32,36). The van der Waals surface area contributed by atoms with E-state index in [2.05, 4.69) is 27.2 Å². The molecule has 0 radical (unpaired) electrons. The minimum absolute atomic E-state index is 0.0234. The maximum absolute atomic E-state index is 13.9. The number of carbonyl (C=O) groups is 1. The second-order valence-electron chi connectivity index (χ2n) is 8.85. The van der Waals surface area contributed by atoms with Gasteiger partial charge in [-0.2, -0.15) is 5.10 Å². The number of hydrogen-bond acceptors (Lipinski definition) is 6. The molecule has 0 saturated carbocycles. The van der Waals surface area contributed by atoms with Gasteiger partial charge in [0.05, 0.1) is 22.0 Å². The molecule has 0 bridgehead atoms. The molecule has 196 valence electrons. The summed E-state index contributed by atoms with van der Waals surface area (Å²) in [6.07, 6.45) is 7.00. The Bertz CT molecular complexity index is 1880. The molecule has 1 amide bonds. The number of nitrogens with zero attached hydrogens (tertiary/aromatic N) is 4. The Morgan fingerprint density at radius 1 is 1.05 bits per heavy atom. The molecule has 0 aliphatic carbocycles. The van der Waals surface area contributed by atoms with Crippen LogP contribution in [0.1, 0.15) is 32.7 Å². The number of aryl methyl sites for hydroxylation is 1. The molecule has 3 heterocycles. The third kappa shape index (κ3) is 5.81. The fraction of sp³-hybridized carbons (Fsp3) is 0.107. The van der Waals surface area contributed by atoms with E-state index in [9.17, 15) is 17.6 Å². The first-order valence-electron chi connectivity index (χ1n) is 11.8. The highest BCUT2D eigenvalue weighted by atomic mass is 32.2. The van der Waals surface area contributed by atoms with Crippen LogP contribution in [0.5, 0.6) is 0 Å². The molecule has 3 N–H and O–H groups in total. The molecule has 0 aliphatic heterocycles. The summed E-state index contributed by atoms with van der Waals surface area (Å²) in [5.41, 5.74) is 8.12. The van der Waals surface area contributed by atoms with E-state index in [1.165, 1.54) is 35.0 Å². The lowest BCUT2D eigenvalue weighted by Gasteiger charge is -2.10. The van der Waals surface area contributed by atoms with E-state index < -0.39 is 21.6 Å². The van der Waals surface area contributed by atoms with E-state index in [0.29, 0.717) is 11.3 Å². The van der Waals surface area contributed by atoms with Crippen LogP contribution in [0, 0.1) is 17.7 Å². The summed E-state index contributed by atoms with van der Waals surface area (Å²) in [5.74, 6) is 4.20. The number of hydrogen-bond donors (Lipinski definition) is 2. The van der Waals surface area contributed by atoms with Crippen molar-refractivity contribution in [1.29, 1.82) is 0 Å². The Balaban J connectivity index is 1.45. The average molecular weight is 543 g/mol. The van der Waals surface area contributed by atoms with Crippen LogP contribution in [0.4, 0.5) is 10.1 Å². The summed E-state index contributed by atoms with van der Waals surface area (Å²) in [6, 6.07) is 13.6. The second-order valence-corrected chi connectivity index (χ2v) is 10.8. The van der Waals surface area contributed by atoms with Gasteiger partial charge < -0.3 is 15.5 Å². The molecular formula is C28H23FN6O3S. The van der Waals surface area contributed by atoms with Gasteiger partial charge in [-0.25, -0.2) is 17.8 Å². The van der Waals surface area contributed by atoms with Crippen LogP contribution in [0.3, 0.4) is 0 Å². The van der Waals surface area contributed by atoms with Gasteiger partial charge in [-0.15, -0.1) is 0 Å². The molecule has 5 rings (SSSR count). The second kappa shape index (κ2) is 10.4. The molecule has 39 heavy (non-hydrogen) atoms. The van der Waals surface area contributed by atoms with Crippen molar-refractivity contribution >= 4 is 27.1 Å². The molecule has 3 aromatic heterocycles. The van der Waals surface area contributed by atoms with Crippen molar-refractivity contribution in [2.75, 3.05) is 5.73 Å². The fourth-order valence-corrected chi connectivity index (χ4v) is 5.36. The van der Waals surface area contributed by atoms with E-state index in [1.54, 1.807) is 25.5 Å². The Morgan fingerprint density at radius 2 is 1.90 bits per heavy atom. The summed E-state index contributed by atoms with van der Waals surface area (Å²) >= 11 is 0. The highest BCUT2D eigenvalue weighted by Crippen LogP contribution is 2.22. The first-order valence-corrected chi connectivity index (χ1v) is 13.5. The smallest absolute Gasteiger partial charge is 0.251 e. The number of anilines is 1. The predicted octanol–water partition coefficient (Wildman–Crippen LogP) is 3.09. The van der Waals surface area contributed by atoms with Crippen LogP contribution in [0.25, 0.3) is 5.65 Å². The lowest BCUT2D eigenvalue weighted by atomic mass is 10.1. The molecule has 0 unspecified atom stereocenters. The number of rotatable bonds is 6. The molecule has 0 saturated heterocycles. The fourth-order valence-electron chi connectivity index (χ4n) is 3.94. The maximum Gasteiger partial charge on any atom is 0.251 e. The van der Waals surface area contributed by atoms with Gasteiger partial charge in [0.25, 0.3) is 5.91 Å². The van der Waals surface area contributed by atoms with E-state index in [0.717, 1.165) is 17.3 Å². The summed E-state index contributed by atoms with van der Waals surface area (Å²) < 4.78 is 43.9. The monoisotopic (exact) mass is 542 g/mol. The third-order valence-corrected chi connectivity index (χ3v) is 7.64. The van der Waals surface area contributed by atoms with Crippen molar-refractivity contribution in [3.8, 4) is 11.8 Å². The van der Waals surface area contributed by atoms with Crippen LogP contribution in [0.2, 0.25) is 0 Å². The molecule has 0 spiro atoms. The topological polar surface area (TPSA) is 124 Å². The van der Waals surface area contributed by atoms with Gasteiger partial charge in [0.1, 0.15) is 11.5 Å². The quantitative estimate of drug-likeness (QED) is 0.251. The Kier molecular flexibility index (Phi) is 6.87. The number of nitrogens with two attached hydrogens (primary N) is 1. The van der Waals surface area contributed by atoms with E-state index in [1.807, 2.05) is 28.9 Å².